The second kappa shape index (κ2) is 9.69. The fraction of sp³-hybridized carbons (Fsp3) is 0.455. The van der Waals surface area contributed by atoms with E-state index < -0.39 is 10.0 Å². The summed E-state index contributed by atoms with van der Waals surface area (Å²) in [5, 5.41) is 0. The predicted octanol–water partition coefficient (Wildman–Crippen LogP) is 3.41. The van der Waals surface area contributed by atoms with Crippen LogP contribution in [-0.4, -0.2) is 58.0 Å². The summed E-state index contributed by atoms with van der Waals surface area (Å²) in [5.74, 6) is 1.10. The van der Waals surface area contributed by atoms with E-state index in [-0.39, 0.29) is 10.7 Å². The third-order valence-corrected chi connectivity index (χ3v) is 7.23. The van der Waals surface area contributed by atoms with Gasteiger partial charge < -0.3 is 4.74 Å². The summed E-state index contributed by atoms with van der Waals surface area (Å²) < 4.78 is 44.5. The highest BCUT2D eigenvalue weighted by Crippen LogP contribution is 2.22. The van der Waals surface area contributed by atoms with Crippen LogP contribution < -0.4 is 4.74 Å². The number of ether oxygens (including phenoxy) is 1. The fourth-order valence-corrected chi connectivity index (χ4v) is 4.52. The van der Waals surface area contributed by atoms with Crippen LogP contribution in [0.2, 0.25) is 0 Å². The van der Waals surface area contributed by atoms with Gasteiger partial charge in [-0.25, -0.2) is 17.1 Å². The molecule has 1 aliphatic heterocycles. The summed E-state index contributed by atoms with van der Waals surface area (Å²) in [5.41, 5.74) is 1.08. The molecule has 2 aromatic carbocycles. The van der Waals surface area contributed by atoms with E-state index in [2.05, 4.69) is 4.90 Å². The molecule has 0 amide bonds. The van der Waals surface area contributed by atoms with Crippen LogP contribution in [0.5, 0.6) is 5.75 Å². The third kappa shape index (κ3) is 6.01. The first-order chi connectivity index (χ1) is 13.8. The van der Waals surface area contributed by atoms with E-state index in [1.807, 2.05) is 6.07 Å². The van der Waals surface area contributed by atoms with Gasteiger partial charge in [0, 0.05) is 20.6 Å². The molecular formula is C22H29FN2O3S. The van der Waals surface area contributed by atoms with Crippen LogP contribution in [0.25, 0.3) is 0 Å². The van der Waals surface area contributed by atoms with Gasteiger partial charge >= 0.3 is 0 Å². The molecule has 1 saturated heterocycles. The first-order valence-corrected chi connectivity index (χ1v) is 11.4. The fourth-order valence-electron chi connectivity index (χ4n) is 3.62. The second-order valence-corrected chi connectivity index (χ2v) is 9.88. The minimum absolute atomic E-state index is 0.163. The molecule has 0 saturated carbocycles. The lowest BCUT2D eigenvalue weighted by molar-refractivity contribution is 0.155. The number of piperidine rings is 1. The van der Waals surface area contributed by atoms with Crippen molar-refractivity contribution in [3.63, 3.8) is 0 Å². The molecule has 5 nitrogen and oxygen atoms in total. The first-order valence-electron chi connectivity index (χ1n) is 9.97. The van der Waals surface area contributed by atoms with E-state index in [9.17, 15) is 12.8 Å². The van der Waals surface area contributed by atoms with Crippen LogP contribution in [0.1, 0.15) is 18.4 Å². The molecule has 0 radical (unpaired) electrons. The maximum atomic E-state index is 13.3. The minimum Gasteiger partial charge on any atom is -0.492 e. The van der Waals surface area contributed by atoms with Gasteiger partial charge in [-0.2, -0.15) is 0 Å². The molecule has 0 N–H and O–H groups in total. The number of hydrogen-bond acceptors (Lipinski definition) is 4. The molecule has 0 aromatic heterocycles. The van der Waals surface area contributed by atoms with E-state index in [0.717, 1.165) is 44.5 Å². The molecule has 158 valence electrons. The van der Waals surface area contributed by atoms with Gasteiger partial charge in [0.25, 0.3) is 0 Å². The molecular weight excluding hydrogens is 391 g/mol. The first kappa shape index (κ1) is 21.7. The maximum Gasteiger partial charge on any atom is 0.242 e. The molecule has 0 spiro atoms. The number of halogens is 1. The average molecular weight is 421 g/mol. The van der Waals surface area contributed by atoms with Crippen molar-refractivity contribution >= 4 is 10.0 Å². The average Bonchev–Trinajstić information content (AvgIpc) is 2.70. The van der Waals surface area contributed by atoms with Crippen LogP contribution in [0.4, 0.5) is 4.39 Å². The topological polar surface area (TPSA) is 49.9 Å². The standard InChI is InChI=1S/C22H29FN2O3S/c1-24(2)29(26,27)22-8-6-21(7-9-22)28-15-14-25-12-10-18(11-13-25)16-19-4-3-5-20(23)17-19/h3-9,17-18H,10-16H2,1-2H3. The number of rotatable bonds is 8. The molecule has 2 aromatic rings. The number of likely N-dealkylation sites (tertiary alicyclic amines) is 1. The Hall–Kier alpha value is -1.96. The van der Waals surface area contributed by atoms with Crippen molar-refractivity contribution in [2.75, 3.05) is 40.3 Å². The largest absolute Gasteiger partial charge is 0.492 e. The van der Waals surface area contributed by atoms with Gasteiger partial charge in [0.2, 0.25) is 10.0 Å². The Balaban J connectivity index is 1.40. The molecule has 0 unspecified atom stereocenters. The number of nitrogens with zero attached hydrogens (tertiary/aromatic N) is 2. The Kier molecular flexibility index (Phi) is 7.27. The summed E-state index contributed by atoms with van der Waals surface area (Å²) in [6.07, 6.45) is 3.14. The third-order valence-electron chi connectivity index (χ3n) is 5.40. The van der Waals surface area contributed by atoms with Crippen molar-refractivity contribution in [1.29, 1.82) is 0 Å². The summed E-state index contributed by atoms with van der Waals surface area (Å²) in [6, 6.07) is 13.4. The Bertz CT molecular complexity index is 893. The summed E-state index contributed by atoms with van der Waals surface area (Å²) in [6.45, 7) is 3.44. The zero-order chi connectivity index (χ0) is 20.9. The van der Waals surface area contributed by atoms with Gasteiger partial charge in [0.15, 0.2) is 0 Å². The lowest BCUT2D eigenvalue weighted by Crippen LogP contribution is -2.37. The summed E-state index contributed by atoms with van der Waals surface area (Å²) in [7, 11) is -0.383. The van der Waals surface area contributed by atoms with Crippen molar-refractivity contribution in [1.82, 2.24) is 9.21 Å². The number of benzene rings is 2. The molecule has 7 heteroatoms. The smallest absolute Gasteiger partial charge is 0.242 e. The van der Waals surface area contributed by atoms with E-state index >= 15 is 0 Å². The molecule has 1 fully saturated rings. The van der Waals surface area contributed by atoms with Gasteiger partial charge in [0.1, 0.15) is 18.2 Å². The van der Waals surface area contributed by atoms with Crippen LogP contribution in [0.15, 0.2) is 53.4 Å². The zero-order valence-corrected chi connectivity index (χ0v) is 17.9. The van der Waals surface area contributed by atoms with Gasteiger partial charge in [0.05, 0.1) is 4.90 Å². The molecule has 0 aliphatic carbocycles. The molecule has 1 heterocycles. The normalized spacial score (nSPS) is 16.3. The molecule has 29 heavy (non-hydrogen) atoms. The van der Waals surface area contributed by atoms with Crippen LogP contribution >= 0.6 is 0 Å². The van der Waals surface area contributed by atoms with Gasteiger partial charge in [-0.15, -0.1) is 0 Å². The predicted molar refractivity (Wildman–Crippen MR) is 112 cm³/mol. The lowest BCUT2D eigenvalue weighted by atomic mass is 9.90. The Labute approximate surface area is 173 Å². The highest BCUT2D eigenvalue weighted by atomic mass is 32.2. The molecule has 1 aliphatic rings. The van der Waals surface area contributed by atoms with Crippen LogP contribution in [0, 0.1) is 11.7 Å². The molecule has 0 atom stereocenters. The Morgan fingerprint density at radius 2 is 1.79 bits per heavy atom. The quantitative estimate of drug-likeness (QED) is 0.657. The van der Waals surface area contributed by atoms with E-state index in [1.54, 1.807) is 36.4 Å². The minimum atomic E-state index is -3.41. The monoisotopic (exact) mass is 420 g/mol. The SMILES string of the molecule is CN(C)S(=O)(=O)c1ccc(OCCN2CCC(Cc3cccc(F)c3)CC2)cc1. The van der Waals surface area contributed by atoms with Gasteiger partial charge in [-0.1, -0.05) is 12.1 Å². The van der Waals surface area contributed by atoms with E-state index in [0.29, 0.717) is 18.3 Å². The summed E-state index contributed by atoms with van der Waals surface area (Å²) in [4.78, 5) is 2.64. The van der Waals surface area contributed by atoms with Crippen molar-refractivity contribution in [3.8, 4) is 5.75 Å². The molecule has 0 bridgehead atoms. The highest BCUT2D eigenvalue weighted by molar-refractivity contribution is 7.89. The van der Waals surface area contributed by atoms with Crippen molar-refractivity contribution in [3.05, 3.63) is 59.9 Å². The second-order valence-electron chi connectivity index (χ2n) is 7.73. The van der Waals surface area contributed by atoms with Crippen LogP contribution in [0.3, 0.4) is 0 Å². The number of sulfonamides is 1. The summed E-state index contributed by atoms with van der Waals surface area (Å²) >= 11 is 0. The lowest BCUT2D eigenvalue weighted by Gasteiger charge is -2.31. The highest BCUT2D eigenvalue weighted by Gasteiger charge is 2.20. The maximum absolute atomic E-state index is 13.3. The Morgan fingerprint density at radius 1 is 1.10 bits per heavy atom. The van der Waals surface area contributed by atoms with Crippen LogP contribution in [-0.2, 0) is 16.4 Å². The van der Waals surface area contributed by atoms with Gasteiger partial charge in [-0.05, 0) is 80.2 Å². The number of hydrogen-bond donors (Lipinski definition) is 0. The van der Waals surface area contributed by atoms with E-state index in [4.69, 9.17) is 4.74 Å². The van der Waals surface area contributed by atoms with Crippen molar-refractivity contribution in [2.45, 2.75) is 24.2 Å². The Morgan fingerprint density at radius 3 is 2.41 bits per heavy atom. The van der Waals surface area contributed by atoms with Crippen molar-refractivity contribution in [2.24, 2.45) is 5.92 Å². The van der Waals surface area contributed by atoms with Crippen molar-refractivity contribution < 1.29 is 17.5 Å². The van der Waals surface area contributed by atoms with E-state index in [1.165, 1.54) is 24.5 Å². The molecule has 3 rings (SSSR count). The zero-order valence-electron chi connectivity index (χ0n) is 17.1. The van der Waals surface area contributed by atoms with Gasteiger partial charge in [-0.3, -0.25) is 4.90 Å².